The SMILES string of the molecule is CC(C)Oc1ccc(CC[C@H](C)NC(=O)[C@H](C)n2cncn2)cc1. The lowest BCUT2D eigenvalue weighted by molar-refractivity contribution is -0.124. The van der Waals surface area contributed by atoms with Crippen molar-refractivity contribution in [2.75, 3.05) is 0 Å². The van der Waals surface area contributed by atoms with Crippen LogP contribution in [0.1, 0.15) is 45.7 Å². The molecule has 6 heteroatoms. The molecule has 1 aromatic heterocycles. The average Bonchev–Trinajstić information content (AvgIpc) is 3.07. The van der Waals surface area contributed by atoms with E-state index < -0.39 is 0 Å². The standard InChI is InChI=1S/C18H26N4O2/c1-13(2)24-17-9-7-16(8-10-17)6-5-14(3)21-18(23)15(4)22-12-19-11-20-22/h7-15H,5-6H2,1-4H3,(H,21,23)/t14-,15-/m0/s1. The van der Waals surface area contributed by atoms with Crippen molar-refractivity contribution in [1.82, 2.24) is 20.1 Å². The number of aromatic nitrogens is 3. The van der Waals surface area contributed by atoms with Crippen LogP contribution in [-0.4, -0.2) is 32.8 Å². The fraction of sp³-hybridized carbons (Fsp3) is 0.500. The molecule has 0 unspecified atom stereocenters. The van der Waals surface area contributed by atoms with Gasteiger partial charge >= 0.3 is 0 Å². The van der Waals surface area contributed by atoms with Gasteiger partial charge in [-0.15, -0.1) is 0 Å². The third-order valence-electron chi connectivity index (χ3n) is 3.76. The first-order valence-corrected chi connectivity index (χ1v) is 8.35. The van der Waals surface area contributed by atoms with Gasteiger partial charge in [-0.2, -0.15) is 5.10 Å². The summed E-state index contributed by atoms with van der Waals surface area (Å²) in [5, 5.41) is 7.02. The maximum Gasteiger partial charge on any atom is 0.244 e. The van der Waals surface area contributed by atoms with Gasteiger partial charge in [-0.25, -0.2) is 9.67 Å². The Morgan fingerprint density at radius 1 is 1.21 bits per heavy atom. The van der Waals surface area contributed by atoms with Crippen molar-refractivity contribution >= 4 is 5.91 Å². The zero-order valence-electron chi connectivity index (χ0n) is 14.8. The number of carbonyl (C=O) groups excluding carboxylic acids is 1. The first kappa shape index (κ1) is 18.0. The Kier molecular flexibility index (Phi) is 6.35. The van der Waals surface area contributed by atoms with Gasteiger partial charge in [0.05, 0.1) is 6.10 Å². The second-order valence-electron chi connectivity index (χ2n) is 6.31. The van der Waals surface area contributed by atoms with Crippen molar-refractivity contribution in [3.63, 3.8) is 0 Å². The fourth-order valence-electron chi connectivity index (χ4n) is 2.36. The van der Waals surface area contributed by atoms with E-state index in [1.54, 1.807) is 11.0 Å². The highest BCUT2D eigenvalue weighted by molar-refractivity contribution is 5.79. The Morgan fingerprint density at radius 2 is 1.92 bits per heavy atom. The second kappa shape index (κ2) is 8.47. The third-order valence-corrected chi connectivity index (χ3v) is 3.76. The zero-order valence-corrected chi connectivity index (χ0v) is 14.8. The van der Waals surface area contributed by atoms with Gasteiger partial charge in [0.15, 0.2) is 0 Å². The highest BCUT2D eigenvalue weighted by atomic mass is 16.5. The second-order valence-corrected chi connectivity index (χ2v) is 6.31. The van der Waals surface area contributed by atoms with Gasteiger partial charge in [-0.3, -0.25) is 4.79 Å². The van der Waals surface area contributed by atoms with Gasteiger partial charge < -0.3 is 10.1 Å². The number of nitrogens with one attached hydrogen (secondary N) is 1. The molecular weight excluding hydrogens is 304 g/mol. The minimum Gasteiger partial charge on any atom is -0.491 e. The molecule has 0 saturated carbocycles. The lowest BCUT2D eigenvalue weighted by atomic mass is 10.1. The molecule has 1 heterocycles. The van der Waals surface area contributed by atoms with E-state index in [4.69, 9.17) is 4.74 Å². The van der Waals surface area contributed by atoms with E-state index in [2.05, 4.69) is 27.5 Å². The van der Waals surface area contributed by atoms with Gasteiger partial charge in [-0.1, -0.05) is 12.1 Å². The molecule has 130 valence electrons. The van der Waals surface area contributed by atoms with Gasteiger partial charge in [0, 0.05) is 6.04 Å². The number of aryl methyl sites for hydroxylation is 1. The quantitative estimate of drug-likeness (QED) is 0.808. The predicted molar refractivity (Wildman–Crippen MR) is 92.9 cm³/mol. The van der Waals surface area contributed by atoms with E-state index in [1.165, 1.54) is 11.9 Å². The van der Waals surface area contributed by atoms with E-state index in [0.717, 1.165) is 18.6 Å². The van der Waals surface area contributed by atoms with Crippen molar-refractivity contribution in [2.24, 2.45) is 0 Å². The van der Waals surface area contributed by atoms with Gasteiger partial charge in [0.2, 0.25) is 5.91 Å². The van der Waals surface area contributed by atoms with Crippen molar-refractivity contribution < 1.29 is 9.53 Å². The summed E-state index contributed by atoms with van der Waals surface area (Å²) >= 11 is 0. The molecule has 24 heavy (non-hydrogen) atoms. The number of hydrogen-bond acceptors (Lipinski definition) is 4. The smallest absolute Gasteiger partial charge is 0.244 e. The van der Waals surface area contributed by atoms with Crippen molar-refractivity contribution in [3.05, 3.63) is 42.5 Å². The molecule has 2 rings (SSSR count). The zero-order chi connectivity index (χ0) is 17.5. The number of nitrogens with zero attached hydrogens (tertiary/aromatic N) is 3. The van der Waals surface area contributed by atoms with Gasteiger partial charge in [0.1, 0.15) is 24.4 Å². The molecule has 0 spiro atoms. The van der Waals surface area contributed by atoms with E-state index in [9.17, 15) is 4.79 Å². The average molecular weight is 330 g/mol. The summed E-state index contributed by atoms with van der Waals surface area (Å²) in [4.78, 5) is 16.1. The van der Waals surface area contributed by atoms with Crippen LogP contribution in [0.25, 0.3) is 0 Å². The lowest BCUT2D eigenvalue weighted by Gasteiger charge is -2.17. The minimum atomic E-state index is -0.359. The van der Waals surface area contributed by atoms with Gasteiger partial charge in [-0.05, 0) is 58.2 Å². The molecule has 6 nitrogen and oxygen atoms in total. The maximum absolute atomic E-state index is 12.2. The van der Waals surface area contributed by atoms with Crippen LogP contribution >= 0.6 is 0 Å². The van der Waals surface area contributed by atoms with Crippen molar-refractivity contribution in [3.8, 4) is 5.75 Å². The molecule has 0 aliphatic rings. The van der Waals surface area contributed by atoms with Crippen LogP contribution in [0.5, 0.6) is 5.75 Å². The van der Waals surface area contributed by atoms with Crippen LogP contribution in [0.4, 0.5) is 0 Å². The number of rotatable bonds is 8. The summed E-state index contributed by atoms with van der Waals surface area (Å²) in [7, 11) is 0. The maximum atomic E-state index is 12.2. The van der Waals surface area contributed by atoms with Crippen LogP contribution in [0, 0.1) is 0 Å². The Labute approximate surface area is 143 Å². The topological polar surface area (TPSA) is 69.0 Å². The van der Waals surface area contributed by atoms with Crippen LogP contribution in [0.2, 0.25) is 0 Å². The number of ether oxygens (including phenoxy) is 1. The van der Waals surface area contributed by atoms with Crippen molar-refractivity contribution in [1.29, 1.82) is 0 Å². The van der Waals surface area contributed by atoms with Crippen LogP contribution < -0.4 is 10.1 Å². The molecule has 1 amide bonds. The molecule has 0 aliphatic heterocycles. The first-order chi connectivity index (χ1) is 11.5. The fourth-order valence-corrected chi connectivity index (χ4v) is 2.36. The van der Waals surface area contributed by atoms with Crippen LogP contribution in [-0.2, 0) is 11.2 Å². The van der Waals surface area contributed by atoms with Crippen molar-refractivity contribution in [2.45, 2.75) is 58.7 Å². The molecule has 0 radical (unpaired) electrons. The van der Waals surface area contributed by atoms with E-state index in [0.29, 0.717) is 0 Å². The number of amides is 1. The lowest BCUT2D eigenvalue weighted by Crippen LogP contribution is -2.37. The molecule has 2 aromatic rings. The largest absolute Gasteiger partial charge is 0.491 e. The van der Waals surface area contributed by atoms with Crippen LogP contribution in [0.3, 0.4) is 0 Å². The molecule has 1 aromatic carbocycles. The predicted octanol–water partition coefficient (Wildman–Crippen LogP) is 2.76. The van der Waals surface area contributed by atoms with E-state index in [-0.39, 0.29) is 24.1 Å². The number of hydrogen-bond donors (Lipinski definition) is 1. The molecule has 2 atom stereocenters. The molecule has 0 bridgehead atoms. The molecule has 0 saturated heterocycles. The Morgan fingerprint density at radius 3 is 2.50 bits per heavy atom. The third kappa shape index (κ3) is 5.37. The summed E-state index contributed by atoms with van der Waals surface area (Å²) in [6.45, 7) is 7.85. The summed E-state index contributed by atoms with van der Waals surface area (Å²) in [6.07, 6.45) is 4.94. The van der Waals surface area contributed by atoms with Gasteiger partial charge in [0.25, 0.3) is 0 Å². The molecular formula is C18H26N4O2. The summed E-state index contributed by atoms with van der Waals surface area (Å²) in [5.74, 6) is 0.838. The first-order valence-electron chi connectivity index (χ1n) is 8.35. The van der Waals surface area contributed by atoms with Crippen LogP contribution in [0.15, 0.2) is 36.9 Å². The minimum absolute atomic E-state index is 0.0475. The Bertz CT molecular complexity index is 623. The highest BCUT2D eigenvalue weighted by Gasteiger charge is 2.17. The summed E-state index contributed by atoms with van der Waals surface area (Å²) in [5.41, 5.74) is 1.23. The highest BCUT2D eigenvalue weighted by Crippen LogP contribution is 2.15. The monoisotopic (exact) mass is 330 g/mol. The number of carbonyl (C=O) groups is 1. The molecule has 0 fully saturated rings. The Hall–Kier alpha value is -2.37. The normalized spacial score (nSPS) is 13.5. The summed E-state index contributed by atoms with van der Waals surface area (Å²) < 4.78 is 7.19. The van der Waals surface area contributed by atoms with E-state index in [1.807, 2.05) is 39.8 Å². The molecule has 0 aliphatic carbocycles. The van der Waals surface area contributed by atoms with E-state index >= 15 is 0 Å². The number of benzene rings is 1. The molecule has 1 N–H and O–H groups in total. The Balaban J connectivity index is 1.78. The summed E-state index contributed by atoms with van der Waals surface area (Å²) in [6, 6.07) is 7.86.